The lowest BCUT2D eigenvalue weighted by Crippen LogP contribution is -2.62. The van der Waals surface area contributed by atoms with Gasteiger partial charge in [-0.15, -0.1) is 0 Å². The Morgan fingerprint density at radius 1 is 1.47 bits per heavy atom. The summed E-state index contributed by atoms with van der Waals surface area (Å²) in [6, 6.07) is 0. The average molecular weight is 242 g/mol. The van der Waals surface area contributed by atoms with E-state index in [1.807, 2.05) is 0 Å². The van der Waals surface area contributed by atoms with Gasteiger partial charge in [-0.25, -0.2) is 0 Å². The van der Waals surface area contributed by atoms with E-state index in [2.05, 4.69) is 10.2 Å². The Morgan fingerprint density at radius 2 is 2.29 bits per heavy atom. The lowest BCUT2D eigenvalue weighted by Gasteiger charge is -2.41. The number of hydrogen-bond acceptors (Lipinski definition) is 5. The molecule has 0 aromatic rings. The molecule has 0 spiro atoms. The van der Waals surface area contributed by atoms with E-state index in [1.54, 1.807) is 7.11 Å². The van der Waals surface area contributed by atoms with E-state index in [9.17, 15) is 4.79 Å². The second kappa shape index (κ2) is 5.33. The third-order valence-corrected chi connectivity index (χ3v) is 4.09. The number of piperidine rings is 1. The Kier molecular flexibility index (Phi) is 4.01. The Morgan fingerprint density at radius 3 is 3.00 bits per heavy atom. The zero-order chi connectivity index (χ0) is 12.3. The number of fused-ring (bicyclic) bond motifs is 2. The molecule has 2 aliphatic rings. The number of hydrogen-bond donors (Lipinski definition) is 1. The minimum atomic E-state index is -0.486. The van der Waals surface area contributed by atoms with Crippen molar-refractivity contribution in [2.75, 3.05) is 47.0 Å². The highest BCUT2D eigenvalue weighted by molar-refractivity contribution is 5.81. The predicted octanol–water partition coefficient (Wildman–Crippen LogP) is -0.140. The number of methoxy groups -OCH3 is 2. The molecule has 0 radical (unpaired) electrons. The summed E-state index contributed by atoms with van der Waals surface area (Å²) in [6.45, 7) is 4.41. The van der Waals surface area contributed by atoms with Crippen LogP contribution in [-0.2, 0) is 14.3 Å². The molecular formula is C12H22N2O3. The molecule has 2 fully saturated rings. The zero-order valence-corrected chi connectivity index (χ0v) is 10.7. The topological polar surface area (TPSA) is 50.8 Å². The van der Waals surface area contributed by atoms with Gasteiger partial charge in [-0.05, 0) is 19.4 Å². The number of carbonyl (C=O) groups excluding carboxylic acids is 1. The van der Waals surface area contributed by atoms with E-state index in [0.717, 1.165) is 32.5 Å². The summed E-state index contributed by atoms with van der Waals surface area (Å²) in [5.41, 5.74) is -0.486. The number of esters is 1. The largest absolute Gasteiger partial charge is 0.468 e. The van der Waals surface area contributed by atoms with Gasteiger partial charge in [0.05, 0.1) is 13.7 Å². The first-order valence-corrected chi connectivity index (χ1v) is 6.27. The van der Waals surface area contributed by atoms with Crippen molar-refractivity contribution in [2.45, 2.75) is 18.4 Å². The Bertz CT molecular complexity index is 285. The van der Waals surface area contributed by atoms with Crippen LogP contribution < -0.4 is 5.32 Å². The van der Waals surface area contributed by atoms with Crippen LogP contribution in [0.25, 0.3) is 0 Å². The van der Waals surface area contributed by atoms with Crippen LogP contribution in [0, 0.1) is 5.92 Å². The fourth-order valence-corrected chi connectivity index (χ4v) is 3.11. The molecule has 0 aliphatic carbocycles. The Hall–Kier alpha value is -0.650. The van der Waals surface area contributed by atoms with Crippen molar-refractivity contribution in [3.63, 3.8) is 0 Å². The standard InChI is InChI=1S/C12H22N2O3/c1-16-8-5-13-12(11(15)17-2)4-7-14-6-3-10(12)9-14/h10,13H,3-9H2,1-2H3. The first-order chi connectivity index (χ1) is 8.23. The maximum absolute atomic E-state index is 12.1. The molecule has 2 rings (SSSR count). The van der Waals surface area contributed by atoms with Crippen LogP contribution >= 0.6 is 0 Å². The number of rotatable bonds is 5. The van der Waals surface area contributed by atoms with Crippen LogP contribution in [0.3, 0.4) is 0 Å². The molecule has 2 aliphatic heterocycles. The van der Waals surface area contributed by atoms with Crippen molar-refractivity contribution in [3.05, 3.63) is 0 Å². The number of ether oxygens (including phenoxy) is 2. The monoisotopic (exact) mass is 242 g/mol. The lowest BCUT2D eigenvalue weighted by atomic mass is 9.78. The van der Waals surface area contributed by atoms with E-state index < -0.39 is 5.54 Å². The predicted molar refractivity (Wildman–Crippen MR) is 63.8 cm³/mol. The van der Waals surface area contributed by atoms with Crippen LogP contribution in [0.1, 0.15) is 12.8 Å². The van der Waals surface area contributed by atoms with Gasteiger partial charge in [0.15, 0.2) is 0 Å². The molecule has 0 aromatic heterocycles. The summed E-state index contributed by atoms with van der Waals surface area (Å²) in [7, 11) is 3.15. The van der Waals surface area contributed by atoms with Crippen LogP contribution in [0.15, 0.2) is 0 Å². The number of nitrogens with zero attached hydrogens (tertiary/aromatic N) is 1. The van der Waals surface area contributed by atoms with Gasteiger partial charge >= 0.3 is 5.97 Å². The van der Waals surface area contributed by atoms with Crippen LogP contribution in [0.5, 0.6) is 0 Å². The lowest BCUT2D eigenvalue weighted by molar-refractivity contribution is -0.153. The maximum Gasteiger partial charge on any atom is 0.326 e. The van der Waals surface area contributed by atoms with Crippen molar-refractivity contribution in [1.29, 1.82) is 0 Å². The van der Waals surface area contributed by atoms with Crippen molar-refractivity contribution >= 4 is 5.97 Å². The fourth-order valence-electron chi connectivity index (χ4n) is 3.11. The molecule has 3 unspecified atom stereocenters. The first-order valence-electron chi connectivity index (χ1n) is 6.27. The van der Waals surface area contributed by atoms with Gasteiger partial charge in [-0.3, -0.25) is 10.1 Å². The second-order valence-corrected chi connectivity index (χ2v) is 4.92. The molecule has 98 valence electrons. The molecule has 2 saturated heterocycles. The quantitative estimate of drug-likeness (QED) is 0.537. The van der Waals surface area contributed by atoms with Crippen molar-refractivity contribution in [2.24, 2.45) is 5.92 Å². The van der Waals surface area contributed by atoms with Crippen LogP contribution in [0.2, 0.25) is 0 Å². The van der Waals surface area contributed by atoms with Crippen LogP contribution in [0.4, 0.5) is 0 Å². The number of nitrogens with one attached hydrogen (secondary N) is 1. The van der Waals surface area contributed by atoms with E-state index >= 15 is 0 Å². The normalized spacial score (nSPS) is 35.9. The van der Waals surface area contributed by atoms with E-state index in [1.165, 1.54) is 7.11 Å². The van der Waals surface area contributed by atoms with Gasteiger partial charge < -0.3 is 14.4 Å². The van der Waals surface area contributed by atoms with Gasteiger partial charge in [-0.2, -0.15) is 0 Å². The third-order valence-electron chi connectivity index (χ3n) is 4.09. The SMILES string of the molecule is COCCNC1(C(=O)OC)CCN2CCC1C2. The summed E-state index contributed by atoms with van der Waals surface area (Å²) in [5.74, 6) is 0.265. The highest BCUT2D eigenvalue weighted by Crippen LogP contribution is 2.36. The van der Waals surface area contributed by atoms with Gasteiger partial charge in [-0.1, -0.05) is 0 Å². The summed E-state index contributed by atoms with van der Waals surface area (Å²) >= 11 is 0. The highest BCUT2D eigenvalue weighted by Gasteiger charge is 2.51. The van der Waals surface area contributed by atoms with Crippen molar-refractivity contribution < 1.29 is 14.3 Å². The molecule has 2 heterocycles. The van der Waals surface area contributed by atoms with Crippen LogP contribution in [-0.4, -0.2) is 63.4 Å². The Balaban J connectivity index is 2.08. The number of carbonyl (C=O) groups is 1. The summed E-state index contributed by atoms with van der Waals surface area (Å²) < 4.78 is 10.1. The maximum atomic E-state index is 12.1. The van der Waals surface area contributed by atoms with Gasteiger partial charge in [0.25, 0.3) is 0 Å². The van der Waals surface area contributed by atoms with Gasteiger partial charge in [0.1, 0.15) is 5.54 Å². The molecule has 0 aromatic carbocycles. The molecule has 5 nitrogen and oxygen atoms in total. The van der Waals surface area contributed by atoms with E-state index in [4.69, 9.17) is 9.47 Å². The highest BCUT2D eigenvalue weighted by atomic mass is 16.5. The summed E-state index contributed by atoms with van der Waals surface area (Å²) in [5, 5.41) is 3.39. The molecule has 0 saturated carbocycles. The van der Waals surface area contributed by atoms with Gasteiger partial charge in [0.2, 0.25) is 0 Å². The molecule has 0 amide bonds. The molecule has 3 atom stereocenters. The molecular weight excluding hydrogens is 220 g/mol. The second-order valence-electron chi connectivity index (χ2n) is 4.92. The summed E-state index contributed by atoms with van der Waals surface area (Å²) in [4.78, 5) is 14.5. The molecule has 17 heavy (non-hydrogen) atoms. The van der Waals surface area contributed by atoms with E-state index in [0.29, 0.717) is 19.1 Å². The molecule has 5 heteroatoms. The molecule has 2 bridgehead atoms. The van der Waals surface area contributed by atoms with Crippen molar-refractivity contribution in [1.82, 2.24) is 10.2 Å². The minimum Gasteiger partial charge on any atom is -0.468 e. The minimum absolute atomic E-state index is 0.111. The van der Waals surface area contributed by atoms with Crippen molar-refractivity contribution in [3.8, 4) is 0 Å². The fraction of sp³-hybridized carbons (Fsp3) is 0.917. The van der Waals surface area contributed by atoms with E-state index in [-0.39, 0.29) is 5.97 Å². The Labute approximate surface area is 102 Å². The first kappa shape index (κ1) is 12.8. The average Bonchev–Trinajstić information content (AvgIpc) is 2.76. The molecule has 1 N–H and O–H groups in total. The zero-order valence-electron chi connectivity index (χ0n) is 10.7. The third kappa shape index (κ3) is 2.32. The van der Waals surface area contributed by atoms with Gasteiger partial charge in [0, 0.05) is 32.7 Å². The summed E-state index contributed by atoms with van der Waals surface area (Å²) in [6.07, 6.45) is 1.92. The smallest absolute Gasteiger partial charge is 0.326 e.